The van der Waals surface area contributed by atoms with Crippen LogP contribution in [0, 0.1) is 0 Å². The molecule has 0 unspecified atom stereocenters. The van der Waals surface area contributed by atoms with E-state index in [9.17, 15) is 4.79 Å². The summed E-state index contributed by atoms with van der Waals surface area (Å²) in [6.45, 7) is 2.51. The summed E-state index contributed by atoms with van der Waals surface area (Å²) in [5.74, 6) is -0.879. The Morgan fingerprint density at radius 2 is 1.67 bits per heavy atom. The van der Waals surface area contributed by atoms with Crippen LogP contribution in [-0.2, 0) is 26.2 Å². The van der Waals surface area contributed by atoms with Gasteiger partial charge in [0.15, 0.2) is 0 Å². The molecule has 0 atom stereocenters. The third kappa shape index (κ3) is 2.96. The number of rotatable bonds is 4. The molecule has 0 aromatic heterocycles. The molecule has 21 heavy (non-hydrogen) atoms. The molecule has 0 saturated carbocycles. The minimum atomic E-state index is -0.879. The Balaban J connectivity index is 1.70. The maximum atomic E-state index is 11.0. The molecule has 2 aromatic rings. The van der Waals surface area contributed by atoms with Gasteiger partial charge in [0.05, 0.1) is 12.2 Å². The van der Waals surface area contributed by atoms with E-state index in [0.717, 1.165) is 30.8 Å². The fraction of sp³-hybridized carbons (Fsp3) is 0.235. The van der Waals surface area contributed by atoms with Crippen LogP contribution in [0.1, 0.15) is 32.6 Å². The molecule has 0 aliphatic carbocycles. The van der Waals surface area contributed by atoms with Crippen LogP contribution < -0.4 is 0 Å². The molecule has 0 radical (unpaired) electrons. The van der Waals surface area contributed by atoms with Crippen LogP contribution >= 0.6 is 0 Å². The second-order valence-corrected chi connectivity index (χ2v) is 5.41. The lowest BCUT2D eigenvalue weighted by Gasteiger charge is -2.14. The van der Waals surface area contributed by atoms with Gasteiger partial charge in [0.25, 0.3) is 0 Å². The van der Waals surface area contributed by atoms with Gasteiger partial charge < -0.3 is 10.2 Å². The molecule has 2 N–H and O–H groups in total. The predicted molar refractivity (Wildman–Crippen MR) is 78.7 cm³/mol. The molecular formula is C17H17NO3. The summed E-state index contributed by atoms with van der Waals surface area (Å²) in [6.07, 6.45) is 0. The van der Waals surface area contributed by atoms with E-state index in [-0.39, 0.29) is 6.61 Å². The van der Waals surface area contributed by atoms with Gasteiger partial charge in [0, 0.05) is 19.6 Å². The van der Waals surface area contributed by atoms with Crippen LogP contribution in [0.2, 0.25) is 0 Å². The molecule has 2 aromatic carbocycles. The first kappa shape index (κ1) is 13.8. The Morgan fingerprint density at radius 1 is 1.00 bits per heavy atom. The van der Waals surface area contributed by atoms with E-state index in [0.29, 0.717) is 5.56 Å². The van der Waals surface area contributed by atoms with Crippen molar-refractivity contribution in [2.75, 3.05) is 0 Å². The lowest BCUT2D eigenvalue weighted by molar-refractivity contribution is 0.0696. The number of aliphatic hydroxyl groups excluding tert-OH is 1. The molecule has 4 nitrogen and oxygen atoms in total. The SMILES string of the molecule is O=C(O)c1ccc2c(c1)CN(Cc1ccc(CO)cc1)C2. The summed E-state index contributed by atoms with van der Waals surface area (Å²) in [5, 5.41) is 18.1. The topological polar surface area (TPSA) is 60.8 Å². The smallest absolute Gasteiger partial charge is 0.335 e. The molecule has 1 aliphatic heterocycles. The zero-order valence-corrected chi connectivity index (χ0v) is 11.6. The van der Waals surface area contributed by atoms with Crippen LogP contribution in [0.25, 0.3) is 0 Å². The van der Waals surface area contributed by atoms with E-state index >= 15 is 0 Å². The van der Waals surface area contributed by atoms with Crippen LogP contribution in [0.5, 0.6) is 0 Å². The number of hydrogen-bond donors (Lipinski definition) is 2. The Kier molecular flexibility index (Phi) is 3.73. The van der Waals surface area contributed by atoms with Gasteiger partial charge in [-0.15, -0.1) is 0 Å². The predicted octanol–water partition coefficient (Wildman–Crippen LogP) is 2.39. The van der Waals surface area contributed by atoms with Crippen molar-refractivity contribution in [2.45, 2.75) is 26.2 Å². The summed E-state index contributed by atoms with van der Waals surface area (Å²) in [5.41, 5.74) is 4.75. The van der Waals surface area contributed by atoms with Crippen molar-refractivity contribution in [3.05, 3.63) is 70.3 Å². The third-order valence-electron chi connectivity index (χ3n) is 3.85. The number of carboxylic acids is 1. The van der Waals surface area contributed by atoms with Crippen molar-refractivity contribution in [1.29, 1.82) is 0 Å². The molecule has 3 rings (SSSR count). The highest BCUT2D eigenvalue weighted by Crippen LogP contribution is 2.25. The Labute approximate surface area is 123 Å². The minimum absolute atomic E-state index is 0.0629. The number of nitrogens with zero attached hydrogens (tertiary/aromatic N) is 1. The molecule has 4 heteroatoms. The summed E-state index contributed by atoms with van der Waals surface area (Å²) < 4.78 is 0. The van der Waals surface area contributed by atoms with Gasteiger partial charge in [-0.05, 0) is 34.4 Å². The van der Waals surface area contributed by atoms with E-state index in [4.69, 9.17) is 10.2 Å². The van der Waals surface area contributed by atoms with Gasteiger partial charge in [-0.3, -0.25) is 4.90 Å². The van der Waals surface area contributed by atoms with Crippen molar-refractivity contribution < 1.29 is 15.0 Å². The van der Waals surface area contributed by atoms with E-state index in [1.807, 2.05) is 30.3 Å². The summed E-state index contributed by atoms with van der Waals surface area (Å²) in [7, 11) is 0. The van der Waals surface area contributed by atoms with E-state index in [1.165, 1.54) is 11.1 Å². The fourth-order valence-electron chi connectivity index (χ4n) is 2.72. The average molecular weight is 283 g/mol. The highest BCUT2D eigenvalue weighted by molar-refractivity contribution is 5.87. The number of hydrogen-bond acceptors (Lipinski definition) is 3. The van der Waals surface area contributed by atoms with Crippen molar-refractivity contribution in [1.82, 2.24) is 4.90 Å². The third-order valence-corrected chi connectivity index (χ3v) is 3.85. The fourth-order valence-corrected chi connectivity index (χ4v) is 2.72. The summed E-state index contributed by atoms with van der Waals surface area (Å²) >= 11 is 0. The molecule has 0 fully saturated rings. The highest BCUT2D eigenvalue weighted by atomic mass is 16.4. The number of aliphatic hydroxyl groups is 1. The van der Waals surface area contributed by atoms with Gasteiger partial charge in [-0.2, -0.15) is 0 Å². The van der Waals surface area contributed by atoms with Crippen LogP contribution in [0.3, 0.4) is 0 Å². The van der Waals surface area contributed by atoms with Gasteiger partial charge in [-0.25, -0.2) is 4.79 Å². The standard InChI is InChI=1S/C17H17NO3/c19-11-13-3-1-12(2-4-13)8-18-9-15-6-5-14(17(20)21)7-16(15)10-18/h1-7,19H,8-11H2,(H,20,21). The first-order chi connectivity index (χ1) is 10.2. The lowest BCUT2D eigenvalue weighted by Crippen LogP contribution is -2.15. The second kappa shape index (κ2) is 5.68. The van der Waals surface area contributed by atoms with Gasteiger partial charge in [0.1, 0.15) is 0 Å². The molecule has 0 amide bonds. The van der Waals surface area contributed by atoms with Gasteiger partial charge >= 0.3 is 5.97 Å². The molecular weight excluding hydrogens is 266 g/mol. The molecule has 1 aliphatic rings. The molecule has 0 bridgehead atoms. The Hall–Kier alpha value is -2.17. The van der Waals surface area contributed by atoms with Crippen molar-refractivity contribution in [3.8, 4) is 0 Å². The molecule has 0 saturated heterocycles. The van der Waals surface area contributed by atoms with Crippen molar-refractivity contribution in [2.24, 2.45) is 0 Å². The number of aromatic carboxylic acids is 1. The Morgan fingerprint density at radius 3 is 2.33 bits per heavy atom. The van der Waals surface area contributed by atoms with Gasteiger partial charge in [0.2, 0.25) is 0 Å². The van der Waals surface area contributed by atoms with E-state index in [1.54, 1.807) is 12.1 Å². The minimum Gasteiger partial charge on any atom is -0.478 e. The maximum Gasteiger partial charge on any atom is 0.335 e. The number of benzene rings is 2. The number of carbonyl (C=O) groups is 1. The van der Waals surface area contributed by atoms with Crippen molar-refractivity contribution in [3.63, 3.8) is 0 Å². The quantitative estimate of drug-likeness (QED) is 0.904. The zero-order valence-electron chi connectivity index (χ0n) is 11.6. The summed E-state index contributed by atoms with van der Waals surface area (Å²) in [6, 6.07) is 13.3. The normalized spacial score (nSPS) is 14.1. The largest absolute Gasteiger partial charge is 0.478 e. The second-order valence-electron chi connectivity index (χ2n) is 5.41. The highest BCUT2D eigenvalue weighted by Gasteiger charge is 2.20. The average Bonchev–Trinajstić information content (AvgIpc) is 2.89. The Bertz CT molecular complexity index is 664. The molecule has 0 spiro atoms. The molecule has 108 valence electrons. The van der Waals surface area contributed by atoms with E-state index < -0.39 is 5.97 Å². The first-order valence-electron chi connectivity index (χ1n) is 6.92. The lowest BCUT2D eigenvalue weighted by atomic mass is 10.1. The van der Waals surface area contributed by atoms with Crippen molar-refractivity contribution >= 4 is 5.97 Å². The number of fused-ring (bicyclic) bond motifs is 1. The van der Waals surface area contributed by atoms with Crippen LogP contribution in [0.15, 0.2) is 42.5 Å². The summed E-state index contributed by atoms with van der Waals surface area (Å²) in [4.78, 5) is 13.3. The number of carboxylic acid groups (broad SMARTS) is 1. The van der Waals surface area contributed by atoms with Gasteiger partial charge in [-0.1, -0.05) is 30.3 Å². The molecule has 1 heterocycles. The zero-order chi connectivity index (χ0) is 14.8. The monoisotopic (exact) mass is 283 g/mol. The van der Waals surface area contributed by atoms with E-state index in [2.05, 4.69) is 4.90 Å². The first-order valence-corrected chi connectivity index (χ1v) is 6.92. The maximum absolute atomic E-state index is 11.0. The van der Waals surface area contributed by atoms with Crippen LogP contribution in [0.4, 0.5) is 0 Å². The van der Waals surface area contributed by atoms with Crippen LogP contribution in [-0.4, -0.2) is 21.1 Å².